The van der Waals surface area contributed by atoms with Crippen molar-refractivity contribution in [3.05, 3.63) is 47.0 Å². The van der Waals surface area contributed by atoms with Crippen LogP contribution in [0, 0.1) is 0 Å². The average molecular weight is 328 g/mol. The molecule has 1 aliphatic carbocycles. The molecule has 0 aromatic heterocycles. The Labute approximate surface area is 141 Å². The second-order valence-electron chi connectivity index (χ2n) is 5.56. The third-order valence-corrected chi connectivity index (χ3v) is 4.42. The van der Waals surface area contributed by atoms with E-state index < -0.39 is 0 Å². The highest BCUT2D eigenvalue weighted by molar-refractivity contribution is 6.03. The van der Waals surface area contributed by atoms with Crippen LogP contribution in [0.3, 0.4) is 0 Å². The van der Waals surface area contributed by atoms with E-state index in [1.165, 1.54) is 0 Å². The highest BCUT2D eigenvalue weighted by atomic mass is 16.5. The molecule has 1 atom stereocenters. The van der Waals surface area contributed by atoms with Gasteiger partial charge in [0.1, 0.15) is 5.75 Å². The minimum Gasteiger partial charge on any atom is -0.497 e. The zero-order chi connectivity index (χ0) is 17.3. The van der Waals surface area contributed by atoms with Crippen molar-refractivity contribution < 1.29 is 23.7 Å². The second-order valence-corrected chi connectivity index (χ2v) is 5.56. The van der Waals surface area contributed by atoms with Crippen molar-refractivity contribution in [3.8, 4) is 23.0 Å². The number of methoxy groups -OCH3 is 4. The van der Waals surface area contributed by atoms with Crippen molar-refractivity contribution >= 4 is 5.78 Å². The number of fused-ring (bicyclic) bond motifs is 1. The van der Waals surface area contributed by atoms with E-state index in [4.69, 9.17) is 18.9 Å². The smallest absolute Gasteiger partial charge is 0.203 e. The second kappa shape index (κ2) is 6.43. The summed E-state index contributed by atoms with van der Waals surface area (Å²) in [7, 11) is 6.31. The van der Waals surface area contributed by atoms with Crippen LogP contribution in [0.2, 0.25) is 0 Å². The van der Waals surface area contributed by atoms with Crippen molar-refractivity contribution in [2.45, 2.75) is 12.3 Å². The van der Waals surface area contributed by atoms with Gasteiger partial charge in [0.25, 0.3) is 0 Å². The van der Waals surface area contributed by atoms with Gasteiger partial charge in [-0.05, 0) is 23.8 Å². The van der Waals surface area contributed by atoms with E-state index in [9.17, 15) is 4.79 Å². The molecule has 5 heteroatoms. The molecule has 0 N–H and O–H groups in total. The lowest BCUT2D eigenvalue weighted by molar-refractivity contribution is 0.0991. The van der Waals surface area contributed by atoms with Gasteiger partial charge in [0, 0.05) is 23.5 Å². The highest BCUT2D eigenvalue weighted by Crippen LogP contribution is 2.51. The van der Waals surface area contributed by atoms with Gasteiger partial charge in [0.2, 0.25) is 5.75 Å². The Balaban J connectivity index is 2.17. The molecule has 0 amide bonds. The molecule has 0 heterocycles. The zero-order valence-electron chi connectivity index (χ0n) is 14.2. The number of carbonyl (C=O) groups is 1. The summed E-state index contributed by atoms with van der Waals surface area (Å²) in [6.07, 6.45) is 0.397. The molecule has 0 bridgehead atoms. The maximum atomic E-state index is 12.5. The number of Topliss-reactive ketones (excluding diaryl/α,β-unsaturated/α-hetero) is 1. The summed E-state index contributed by atoms with van der Waals surface area (Å²) in [5.41, 5.74) is 2.52. The number of hydrogen-bond acceptors (Lipinski definition) is 5. The first kappa shape index (κ1) is 16.2. The van der Waals surface area contributed by atoms with Crippen LogP contribution in [0.5, 0.6) is 23.0 Å². The van der Waals surface area contributed by atoms with Gasteiger partial charge in [0.05, 0.1) is 28.4 Å². The first-order valence-electron chi connectivity index (χ1n) is 7.64. The third-order valence-electron chi connectivity index (χ3n) is 4.42. The summed E-state index contributed by atoms with van der Waals surface area (Å²) in [6, 6.07) is 9.47. The molecule has 0 spiro atoms. The Hall–Kier alpha value is -2.69. The average Bonchev–Trinajstić information content (AvgIpc) is 2.96. The highest BCUT2D eigenvalue weighted by Gasteiger charge is 2.36. The SMILES string of the molecule is COc1ccc(C2CC(=O)c3cc(OC)c(OC)c(OC)c32)cc1. The number of ketones is 1. The van der Waals surface area contributed by atoms with E-state index in [0.29, 0.717) is 29.2 Å². The lowest BCUT2D eigenvalue weighted by Crippen LogP contribution is -2.03. The minimum atomic E-state index is -0.0758. The predicted molar refractivity (Wildman–Crippen MR) is 89.9 cm³/mol. The van der Waals surface area contributed by atoms with Crippen molar-refractivity contribution in [3.63, 3.8) is 0 Å². The molecular weight excluding hydrogens is 308 g/mol. The molecule has 3 rings (SSSR count). The molecule has 0 radical (unpaired) electrons. The number of rotatable bonds is 5. The molecule has 0 saturated carbocycles. The van der Waals surface area contributed by atoms with E-state index in [2.05, 4.69) is 0 Å². The molecule has 24 heavy (non-hydrogen) atoms. The Morgan fingerprint density at radius 3 is 2.08 bits per heavy atom. The quantitative estimate of drug-likeness (QED) is 0.841. The van der Waals surface area contributed by atoms with Crippen LogP contribution >= 0.6 is 0 Å². The van der Waals surface area contributed by atoms with Gasteiger partial charge in [0.15, 0.2) is 17.3 Å². The lowest BCUT2D eigenvalue weighted by Gasteiger charge is -2.19. The lowest BCUT2D eigenvalue weighted by atomic mass is 9.92. The minimum absolute atomic E-state index is 0.0741. The summed E-state index contributed by atoms with van der Waals surface area (Å²) < 4.78 is 21.6. The van der Waals surface area contributed by atoms with Gasteiger partial charge in [-0.1, -0.05) is 12.1 Å². The Bertz CT molecular complexity index is 764. The molecule has 2 aromatic carbocycles. The maximum Gasteiger partial charge on any atom is 0.203 e. The fraction of sp³-hybridized carbons (Fsp3) is 0.316. The van der Waals surface area contributed by atoms with Crippen LogP contribution in [-0.4, -0.2) is 34.2 Å². The summed E-state index contributed by atoms with van der Waals surface area (Å²) in [5, 5.41) is 0. The Morgan fingerprint density at radius 2 is 1.54 bits per heavy atom. The van der Waals surface area contributed by atoms with Gasteiger partial charge in [-0.15, -0.1) is 0 Å². The van der Waals surface area contributed by atoms with E-state index in [-0.39, 0.29) is 11.7 Å². The summed E-state index contributed by atoms with van der Waals surface area (Å²) >= 11 is 0. The van der Waals surface area contributed by atoms with Crippen LogP contribution in [0.15, 0.2) is 30.3 Å². The fourth-order valence-electron chi connectivity index (χ4n) is 3.27. The van der Waals surface area contributed by atoms with Crippen LogP contribution in [-0.2, 0) is 0 Å². The maximum absolute atomic E-state index is 12.5. The first-order chi connectivity index (χ1) is 11.6. The van der Waals surface area contributed by atoms with Crippen LogP contribution in [0.4, 0.5) is 0 Å². The molecule has 5 nitrogen and oxygen atoms in total. The summed E-state index contributed by atoms with van der Waals surface area (Å²) in [4.78, 5) is 12.5. The van der Waals surface area contributed by atoms with Crippen LogP contribution in [0.25, 0.3) is 0 Å². The van der Waals surface area contributed by atoms with Gasteiger partial charge >= 0.3 is 0 Å². The Morgan fingerprint density at radius 1 is 0.875 bits per heavy atom. The normalized spacial score (nSPS) is 15.8. The molecule has 0 saturated heterocycles. The molecule has 0 fully saturated rings. The first-order valence-corrected chi connectivity index (χ1v) is 7.64. The molecule has 2 aromatic rings. The van der Waals surface area contributed by atoms with Crippen molar-refractivity contribution in [2.75, 3.05) is 28.4 Å². The largest absolute Gasteiger partial charge is 0.497 e. The van der Waals surface area contributed by atoms with E-state index in [1.54, 1.807) is 34.5 Å². The monoisotopic (exact) mass is 328 g/mol. The van der Waals surface area contributed by atoms with Crippen molar-refractivity contribution in [2.24, 2.45) is 0 Å². The standard InChI is InChI=1S/C19H20O5/c1-21-12-7-5-11(6-8-12)13-9-15(20)14-10-16(22-2)18(23-3)19(24-4)17(13)14/h5-8,10,13H,9H2,1-4H3. The number of benzene rings is 2. The third kappa shape index (κ3) is 2.46. The van der Waals surface area contributed by atoms with Crippen LogP contribution < -0.4 is 18.9 Å². The molecule has 126 valence electrons. The molecule has 0 aliphatic heterocycles. The van der Waals surface area contributed by atoms with Gasteiger partial charge in [-0.3, -0.25) is 4.79 Å². The molecule has 1 aliphatic rings. The molecular formula is C19H20O5. The predicted octanol–water partition coefficient (Wildman–Crippen LogP) is 3.44. The van der Waals surface area contributed by atoms with Gasteiger partial charge < -0.3 is 18.9 Å². The topological polar surface area (TPSA) is 54.0 Å². The Kier molecular flexibility index (Phi) is 4.34. The zero-order valence-corrected chi connectivity index (χ0v) is 14.2. The number of carbonyl (C=O) groups excluding carboxylic acids is 1. The molecule has 1 unspecified atom stereocenters. The van der Waals surface area contributed by atoms with E-state index >= 15 is 0 Å². The number of ether oxygens (including phenoxy) is 4. The summed E-state index contributed by atoms with van der Waals surface area (Å²) in [5.74, 6) is 2.34. The van der Waals surface area contributed by atoms with Gasteiger partial charge in [-0.25, -0.2) is 0 Å². The van der Waals surface area contributed by atoms with E-state index in [0.717, 1.165) is 16.9 Å². The van der Waals surface area contributed by atoms with Crippen molar-refractivity contribution in [1.29, 1.82) is 0 Å². The van der Waals surface area contributed by atoms with Gasteiger partial charge in [-0.2, -0.15) is 0 Å². The summed E-state index contributed by atoms with van der Waals surface area (Å²) in [6.45, 7) is 0. The van der Waals surface area contributed by atoms with Crippen molar-refractivity contribution in [1.82, 2.24) is 0 Å². The fourth-order valence-corrected chi connectivity index (χ4v) is 3.27. The van der Waals surface area contributed by atoms with Crippen LogP contribution in [0.1, 0.15) is 33.8 Å². The van der Waals surface area contributed by atoms with E-state index in [1.807, 2.05) is 24.3 Å². The number of hydrogen-bond donors (Lipinski definition) is 0.